The van der Waals surface area contributed by atoms with Gasteiger partial charge in [0.1, 0.15) is 23.8 Å². The van der Waals surface area contributed by atoms with Crippen LogP contribution in [0.25, 0.3) is 11.1 Å². The molecule has 4 rings (SSSR count). The van der Waals surface area contributed by atoms with Crippen LogP contribution < -0.4 is 10.3 Å². The van der Waals surface area contributed by atoms with Crippen molar-refractivity contribution < 1.29 is 41.4 Å². The van der Waals surface area contributed by atoms with E-state index in [1.807, 2.05) is 18.7 Å². The molecule has 0 amide bonds. The van der Waals surface area contributed by atoms with Crippen LogP contribution in [0.15, 0.2) is 35.1 Å². The molecule has 0 unspecified atom stereocenters. The minimum Gasteiger partial charge on any atom is -0.497 e. The number of carbonyl (C=O) groups is 2. The van der Waals surface area contributed by atoms with E-state index in [2.05, 4.69) is 5.10 Å². The molecule has 3 aromatic rings. The lowest BCUT2D eigenvalue weighted by molar-refractivity contribution is -0.140. The summed E-state index contributed by atoms with van der Waals surface area (Å²) in [7, 11) is 1.46. The van der Waals surface area contributed by atoms with Crippen LogP contribution in [0.3, 0.4) is 0 Å². The zero-order valence-corrected chi connectivity index (χ0v) is 29.2. The number of carboxylic acid groups (broad SMARTS) is 1. The van der Waals surface area contributed by atoms with Crippen LogP contribution in [-0.2, 0) is 22.2 Å². The summed E-state index contributed by atoms with van der Waals surface area (Å²) in [6.07, 6.45) is -6.69. The van der Waals surface area contributed by atoms with Gasteiger partial charge in [0.25, 0.3) is 5.56 Å². The second-order valence-electron chi connectivity index (χ2n) is 13.7. The van der Waals surface area contributed by atoms with Gasteiger partial charge in [-0.15, -0.1) is 0 Å². The average molecular weight is 706 g/mol. The summed E-state index contributed by atoms with van der Waals surface area (Å²) < 4.78 is 78.3. The molecule has 1 N–H and O–H groups in total. The van der Waals surface area contributed by atoms with E-state index in [0.717, 1.165) is 4.68 Å². The smallest absolute Gasteiger partial charge is 0.419 e. The van der Waals surface area contributed by atoms with Crippen molar-refractivity contribution in [2.45, 2.75) is 91.0 Å². The maximum absolute atomic E-state index is 15.8. The first-order chi connectivity index (χ1) is 23.4. The fourth-order valence-electron chi connectivity index (χ4n) is 6.68. The summed E-state index contributed by atoms with van der Waals surface area (Å²) in [5.74, 6) is -4.33. The third kappa shape index (κ3) is 9.15. The van der Waals surface area contributed by atoms with Gasteiger partial charge in [-0.3, -0.25) is 19.3 Å². The van der Waals surface area contributed by atoms with Gasteiger partial charge in [-0.1, -0.05) is 13.8 Å². The van der Waals surface area contributed by atoms with Crippen LogP contribution in [0.1, 0.15) is 85.0 Å². The van der Waals surface area contributed by atoms with E-state index in [1.165, 1.54) is 19.2 Å². The molecular weight excluding hydrogens is 661 g/mol. The molecule has 8 nitrogen and oxygen atoms in total. The first kappa shape index (κ1) is 38.7. The van der Waals surface area contributed by atoms with Crippen molar-refractivity contribution in [3.05, 3.63) is 80.0 Å². The summed E-state index contributed by atoms with van der Waals surface area (Å²) in [4.78, 5) is 40.9. The van der Waals surface area contributed by atoms with Gasteiger partial charge in [0.2, 0.25) is 0 Å². The summed E-state index contributed by atoms with van der Waals surface area (Å²) >= 11 is 0. The molecule has 1 fully saturated rings. The lowest BCUT2D eigenvalue weighted by Crippen LogP contribution is -2.49. The standard InChI is InChI=1S/C37H44F5N3O5/c1-20(2)11-31(45-33(47)14-21(3)30(43-45)9-10-44-18-26(38)19-44)32(46)8-7-24(17-34(48)49)28-15-25(16-29(36(28)39)37(40,41)42)35-22(4)12-27(50-6)13-23(35)5/h12-16,20,24,26,31H,7-11,17-19H2,1-6H3,(H,48,49)/t24-,31-/m0/s1. The Morgan fingerprint density at radius 2 is 1.68 bits per heavy atom. The van der Waals surface area contributed by atoms with Gasteiger partial charge in [0.15, 0.2) is 5.78 Å². The normalized spacial score (nSPS) is 15.2. The first-order valence-electron chi connectivity index (χ1n) is 16.7. The van der Waals surface area contributed by atoms with Gasteiger partial charge in [-0.05, 0) is 103 Å². The van der Waals surface area contributed by atoms with Crippen LogP contribution in [-0.4, -0.2) is 64.5 Å². The number of rotatable bonds is 15. The van der Waals surface area contributed by atoms with Crippen molar-refractivity contribution in [3.63, 3.8) is 0 Å². The van der Waals surface area contributed by atoms with Gasteiger partial charge in [-0.25, -0.2) is 13.5 Å². The zero-order chi connectivity index (χ0) is 37.1. The molecule has 1 aromatic heterocycles. The van der Waals surface area contributed by atoms with E-state index in [0.29, 0.717) is 65.8 Å². The minimum absolute atomic E-state index is 0.0500. The number of halogens is 5. The van der Waals surface area contributed by atoms with Gasteiger partial charge < -0.3 is 9.84 Å². The lowest BCUT2D eigenvalue weighted by Gasteiger charge is -2.34. The number of alkyl halides is 4. The largest absolute Gasteiger partial charge is 0.497 e. The van der Waals surface area contributed by atoms with Crippen molar-refractivity contribution in [1.82, 2.24) is 14.7 Å². The fourth-order valence-corrected chi connectivity index (χ4v) is 6.68. The highest BCUT2D eigenvalue weighted by atomic mass is 19.4. The number of nitrogens with zero attached hydrogens (tertiary/aromatic N) is 3. The molecule has 0 saturated carbocycles. The number of ketones is 1. The molecule has 0 spiro atoms. The van der Waals surface area contributed by atoms with Crippen molar-refractivity contribution in [3.8, 4) is 16.9 Å². The predicted octanol–water partition coefficient (Wildman–Crippen LogP) is 7.39. The molecule has 0 bridgehead atoms. The second-order valence-corrected chi connectivity index (χ2v) is 13.7. The maximum Gasteiger partial charge on any atom is 0.419 e. The zero-order valence-electron chi connectivity index (χ0n) is 29.2. The van der Waals surface area contributed by atoms with Gasteiger partial charge >= 0.3 is 12.1 Å². The number of hydrogen-bond acceptors (Lipinski definition) is 6. The summed E-state index contributed by atoms with van der Waals surface area (Å²) in [6, 6.07) is 5.56. The number of aryl methyl sites for hydroxylation is 3. The number of carbonyl (C=O) groups excluding carboxylic acids is 1. The highest BCUT2D eigenvalue weighted by molar-refractivity contribution is 5.82. The number of benzene rings is 2. The van der Waals surface area contributed by atoms with Gasteiger partial charge in [0, 0.05) is 38.5 Å². The number of methoxy groups -OCH3 is 1. The van der Waals surface area contributed by atoms with Crippen molar-refractivity contribution in [2.24, 2.45) is 5.92 Å². The Morgan fingerprint density at radius 3 is 2.22 bits per heavy atom. The summed E-state index contributed by atoms with van der Waals surface area (Å²) in [5, 5.41) is 14.3. The molecule has 13 heteroatoms. The fraction of sp³-hybridized carbons (Fsp3) is 0.514. The quantitative estimate of drug-likeness (QED) is 0.165. The second kappa shape index (κ2) is 15.8. The SMILES string of the molecule is COc1cc(C)c(-c2cc([C@@H](CCC(=O)[C@H](CC(C)C)n3nc(CCN4CC(F)C4)c(C)cc3=O)CC(=O)O)c(F)c(C(F)(F)F)c2)c(C)c1. The van der Waals surface area contributed by atoms with Crippen molar-refractivity contribution in [2.75, 3.05) is 26.7 Å². The maximum atomic E-state index is 15.8. The van der Waals surface area contributed by atoms with Crippen molar-refractivity contribution >= 4 is 11.8 Å². The van der Waals surface area contributed by atoms with Crippen LogP contribution in [0.2, 0.25) is 0 Å². The number of ether oxygens (including phenoxy) is 1. The van der Waals surface area contributed by atoms with Crippen molar-refractivity contribution in [1.29, 1.82) is 0 Å². The number of aliphatic carboxylic acids is 1. The molecule has 1 saturated heterocycles. The Morgan fingerprint density at radius 1 is 1.04 bits per heavy atom. The van der Waals surface area contributed by atoms with Crippen LogP contribution >= 0.6 is 0 Å². The van der Waals surface area contributed by atoms with E-state index >= 15 is 4.39 Å². The molecule has 2 atom stereocenters. The number of aromatic nitrogens is 2. The third-order valence-electron chi connectivity index (χ3n) is 9.23. The molecule has 272 valence electrons. The van der Waals surface area contributed by atoms with E-state index in [-0.39, 0.29) is 30.7 Å². The van der Waals surface area contributed by atoms with Crippen LogP contribution in [0.5, 0.6) is 5.75 Å². The summed E-state index contributed by atoms with van der Waals surface area (Å²) in [5.41, 5.74) is 0.282. The third-order valence-corrected chi connectivity index (χ3v) is 9.23. The Balaban J connectivity index is 1.71. The Hall–Kier alpha value is -4.13. The number of carboxylic acids is 1. The van der Waals surface area contributed by atoms with Gasteiger partial charge in [0.05, 0.1) is 24.8 Å². The van der Waals surface area contributed by atoms with E-state index < -0.39 is 65.0 Å². The van der Waals surface area contributed by atoms with Crippen LogP contribution in [0.4, 0.5) is 22.0 Å². The Labute approximate surface area is 288 Å². The average Bonchev–Trinajstić information content (AvgIpc) is 2.99. The molecule has 2 heterocycles. The topological polar surface area (TPSA) is 102 Å². The lowest BCUT2D eigenvalue weighted by atomic mass is 9.84. The minimum atomic E-state index is -5.09. The van der Waals surface area contributed by atoms with E-state index in [1.54, 1.807) is 32.9 Å². The Bertz CT molecular complexity index is 1760. The molecule has 1 aliphatic heterocycles. The first-order valence-corrected chi connectivity index (χ1v) is 16.7. The highest BCUT2D eigenvalue weighted by Crippen LogP contribution is 2.42. The number of Topliss-reactive ketones (excluding diaryl/α,β-unsaturated/α-hetero) is 1. The molecule has 2 aromatic carbocycles. The monoisotopic (exact) mass is 705 g/mol. The van der Waals surface area contributed by atoms with E-state index in [4.69, 9.17) is 4.74 Å². The van der Waals surface area contributed by atoms with Crippen LogP contribution in [0, 0.1) is 32.5 Å². The number of likely N-dealkylation sites (tertiary alicyclic amines) is 1. The predicted molar refractivity (Wildman–Crippen MR) is 179 cm³/mol. The van der Waals surface area contributed by atoms with Gasteiger partial charge in [-0.2, -0.15) is 18.3 Å². The molecule has 1 aliphatic rings. The molecule has 50 heavy (non-hydrogen) atoms. The highest BCUT2D eigenvalue weighted by Gasteiger charge is 2.38. The molecule has 0 aliphatic carbocycles. The Kier molecular flexibility index (Phi) is 12.2. The molecular formula is C37H44F5N3O5. The number of hydrogen-bond donors (Lipinski definition) is 1. The molecule has 0 radical (unpaired) electrons. The summed E-state index contributed by atoms with van der Waals surface area (Å²) in [6.45, 7) is 9.95. The van der Waals surface area contributed by atoms with E-state index in [9.17, 15) is 37.1 Å².